The van der Waals surface area contributed by atoms with E-state index in [1.54, 1.807) is 0 Å². The van der Waals surface area contributed by atoms with Crippen molar-refractivity contribution in [3.8, 4) is 0 Å². The van der Waals surface area contributed by atoms with Gasteiger partial charge < -0.3 is 15.4 Å². The molecule has 0 aromatic heterocycles. The summed E-state index contributed by atoms with van der Waals surface area (Å²) in [4.78, 5) is 6.59. The van der Waals surface area contributed by atoms with Gasteiger partial charge in [-0.05, 0) is 34.1 Å². The van der Waals surface area contributed by atoms with Crippen LogP contribution in [0.3, 0.4) is 0 Å². The summed E-state index contributed by atoms with van der Waals surface area (Å²) in [5.74, 6) is 0.639. The van der Waals surface area contributed by atoms with Crippen molar-refractivity contribution >= 4 is 5.96 Å². The van der Waals surface area contributed by atoms with Gasteiger partial charge in [-0.2, -0.15) is 0 Å². The molecule has 1 rings (SSSR count). The zero-order valence-electron chi connectivity index (χ0n) is 10.3. The predicted octanol–water partition coefficient (Wildman–Crippen LogP) is 1.21. The van der Waals surface area contributed by atoms with Gasteiger partial charge in [0.05, 0.1) is 11.6 Å². The molecule has 1 heterocycles. The van der Waals surface area contributed by atoms with Gasteiger partial charge in [-0.1, -0.05) is 0 Å². The summed E-state index contributed by atoms with van der Waals surface area (Å²) in [6.45, 7) is 10.8. The standard InChI is InChI=1S/C11H23N3O/c1-9-8-14(6-5-7-15-9)10(12)13-11(2,3)4/h9H,5-8H2,1-4H3,(H2,12,13). The number of ether oxygens (including phenoxy) is 1. The Balaban J connectivity index is 2.65. The highest BCUT2D eigenvalue weighted by Crippen LogP contribution is 2.09. The largest absolute Gasteiger partial charge is 0.377 e. The highest BCUT2D eigenvalue weighted by Gasteiger charge is 2.18. The lowest BCUT2D eigenvalue weighted by Crippen LogP contribution is -2.42. The van der Waals surface area contributed by atoms with Crippen LogP contribution in [0.2, 0.25) is 0 Å². The van der Waals surface area contributed by atoms with E-state index < -0.39 is 0 Å². The Morgan fingerprint density at radius 3 is 2.73 bits per heavy atom. The van der Waals surface area contributed by atoms with Gasteiger partial charge in [-0.25, -0.2) is 4.99 Å². The molecule has 4 nitrogen and oxygen atoms in total. The minimum atomic E-state index is -0.111. The van der Waals surface area contributed by atoms with Gasteiger partial charge in [0, 0.05) is 19.7 Å². The lowest BCUT2D eigenvalue weighted by Gasteiger charge is -2.25. The van der Waals surface area contributed by atoms with Gasteiger partial charge in [0.15, 0.2) is 5.96 Å². The van der Waals surface area contributed by atoms with Crippen molar-refractivity contribution in [3.05, 3.63) is 0 Å². The fourth-order valence-corrected chi connectivity index (χ4v) is 1.62. The molecule has 0 aromatic rings. The maximum Gasteiger partial charge on any atom is 0.191 e. The Bertz CT molecular complexity index is 232. The number of rotatable bonds is 0. The number of aliphatic imine (C=N–C) groups is 1. The van der Waals surface area contributed by atoms with E-state index >= 15 is 0 Å². The first-order valence-electron chi connectivity index (χ1n) is 5.60. The van der Waals surface area contributed by atoms with E-state index in [4.69, 9.17) is 10.5 Å². The van der Waals surface area contributed by atoms with E-state index in [9.17, 15) is 0 Å². The van der Waals surface area contributed by atoms with Crippen molar-refractivity contribution < 1.29 is 4.74 Å². The fourth-order valence-electron chi connectivity index (χ4n) is 1.62. The predicted molar refractivity (Wildman–Crippen MR) is 63.0 cm³/mol. The first-order valence-corrected chi connectivity index (χ1v) is 5.60. The molecule has 1 aliphatic rings. The molecule has 0 spiro atoms. The number of nitrogens with two attached hydrogens (primary N) is 1. The van der Waals surface area contributed by atoms with E-state index in [0.29, 0.717) is 5.96 Å². The molecule has 0 bridgehead atoms. The molecule has 1 unspecified atom stereocenters. The maximum atomic E-state index is 5.99. The number of hydrogen-bond donors (Lipinski definition) is 1. The van der Waals surface area contributed by atoms with Crippen LogP contribution in [0.5, 0.6) is 0 Å². The molecule has 0 radical (unpaired) electrons. The van der Waals surface area contributed by atoms with Crippen LogP contribution in [-0.4, -0.2) is 42.2 Å². The minimum Gasteiger partial charge on any atom is -0.377 e. The molecule has 1 aliphatic heterocycles. The minimum absolute atomic E-state index is 0.111. The normalized spacial score (nSPS) is 25.2. The van der Waals surface area contributed by atoms with Crippen LogP contribution in [0.1, 0.15) is 34.1 Å². The van der Waals surface area contributed by atoms with Crippen molar-refractivity contribution in [1.82, 2.24) is 4.90 Å². The van der Waals surface area contributed by atoms with Crippen molar-refractivity contribution in [2.45, 2.75) is 45.8 Å². The van der Waals surface area contributed by atoms with Gasteiger partial charge in [0.2, 0.25) is 0 Å². The van der Waals surface area contributed by atoms with Crippen LogP contribution < -0.4 is 5.73 Å². The maximum absolute atomic E-state index is 5.99. The zero-order valence-corrected chi connectivity index (χ0v) is 10.3. The third-order valence-corrected chi connectivity index (χ3v) is 2.23. The second kappa shape index (κ2) is 4.84. The molecule has 1 fully saturated rings. The number of hydrogen-bond acceptors (Lipinski definition) is 2. The lowest BCUT2D eigenvalue weighted by molar-refractivity contribution is 0.0742. The Labute approximate surface area is 92.5 Å². The van der Waals surface area contributed by atoms with E-state index in [2.05, 4.69) is 37.6 Å². The Kier molecular flexibility index (Phi) is 3.97. The lowest BCUT2D eigenvalue weighted by atomic mass is 10.1. The first kappa shape index (κ1) is 12.3. The molecule has 0 saturated carbocycles. The summed E-state index contributed by atoms with van der Waals surface area (Å²) in [7, 11) is 0. The Morgan fingerprint density at radius 2 is 2.13 bits per heavy atom. The number of nitrogens with zero attached hydrogens (tertiary/aromatic N) is 2. The van der Waals surface area contributed by atoms with Gasteiger partial charge in [-0.3, -0.25) is 0 Å². The van der Waals surface area contributed by atoms with Gasteiger partial charge in [-0.15, -0.1) is 0 Å². The molecule has 1 atom stereocenters. The molecule has 1 saturated heterocycles. The van der Waals surface area contributed by atoms with Crippen molar-refractivity contribution in [2.24, 2.45) is 10.7 Å². The van der Waals surface area contributed by atoms with Gasteiger partial charge in [0.25, 0.3) is 0 Å². The molecule has 4 heteroatoms. The van der Waals surface area contributed by atoms with E-state index in [1.807, 2.05) is 0 Å². The van der Waals surface area contributed by atoms with E-state index in [0.717, 1.165) is 26.1 Å². The summed E-state index contributed by atoms with van der Waals surface area (Å²) in [6, 6.07) is 0. The quantitative estimate of drug-likeness (QED) is 0.486. The molecule has 0 amide bonds. The highest BCUT2D eigenvalue weighted by molar-refractivity contribution is 5.78. The third-order valence-electron chi connectivity index (χ3n) is 2.23. The molecule has 0 aliphatic carbocycles. The zero-order chi connectivity index (χ0) is 11.5. The highest BCUT2D eigenvalue weighted by atomic mass is 16.5. The summed E-state index contributed by atoms with van der Waals surface area (Å²) in [5.41, 5.74) is 5.88. The SMILES string of the molecule is CC1CN(C(N)=NC(C)(C)C)CCCO1. The van der Waals surface area contributed by atoms with Crippen LogP contribution in [0.4, 0.5) is 0 Å². The molecular weight excluding hydrogens is 190 g/mol. The van der Waals surface area contributed by atoms with Crippen molar-refractivity contribution in [2.75, 3.05) is 19.7 Å². The molecular formula is C11H23N3O. The monoisotopic (exact) mass is 213 g/mol. The van der Waals surface area contributed by atoms with Crippen LogP contribution in [-0.2, 0) is 4.74 Å². The van der Waals surface area contributed by atoms with Crippen LogP contribution in [0.15, 0.2) is 4.99 Å². The topological polar surface area (TPSA) is 50.8 Å². The van der Waals surface area contributed by atoms with Crippen molar-refractivity contribution in [3.63, 3.8) is 0 Å². The van der Waals surface area contributed by atoms with Gasteiger partial charge in [0.1, 0.15) is 0 Å². The van der Waals surface area contributed by atoms with Crippen LogP contribution in [0.25, 0.3) is 0 Å². The average Bonchev–Trinajstić information content (AvgIpc) is 2.26. The summed E-state index contributed by atoms with van der Waals surface area (Å²) >= 11 is 0. The average molecular weight is 213 g/mol. The third kappa shape index (κ3) is 4.51. The molecule has 0 aromatic carbocycles. The Hall–Kier alpha value is -0.770. The second-order valence-corrected chi connectivity index (χ2v) is 5.12. The van der Waals surface area contributed by atoms with Crippen LogP contribution >= 0.6 is 0 Å². The van der Waals surface area contributed by atoms with Crippen LogP contribution in [0, 0.1) is 0 Å². The summed E-state index contributed by atoms with van der Waals surface area (Å²) in [6.07, 6.45) is 1.26. The first-order chi connectivity index (χ1) is 6.88. The van der Waals surface area contributed by atoms with Crippen molar-refractivity contribution in [1.29, 1.82) is 0 Å². The smallest absolute Gasteiger partial charge is 0.191 e. The Morgan fingerprint density at radius 1 is 1.47 bits per heavy atom. The molecule has 2 N–H and O–H groups in total. The number of guanidine groups is 1. The summed E-state index contributed by atoms with van der Waals surface area (Å²) < 4.78 is 5.56. The summed E-state index contributed by atoms with van der Waals surface area (Å²) in [5, 5.41) is 0. The molecule has 88 valence electrons. The van der Waals surface area contributed by atoms with Gasteiger partial charge >= 0.3 is 0 Å². The van der Waals surface area contributed by atoms with E-state index in [1.165, 1.54) is 0 Å². The second-order valence-electron chi connectivity index (χ2n) is 5.12. The van der Waals surface area contributed by atoms with E-state index in [-0.39, 0.29) is 11.6 Å². The molecule has 15 heavy (non-hydrogen) atoms. The fraction of sp³-hybridized carbons (Fsp3) is 0.909.